The van der Waals surface area contributed by atoms with Crippen LogP contribution in [0.2, 0.25) is 0 Å². The number of carbonyl (C=O) groups is 1. The number of nitrogens with one attached hydrogen (secondary N) is 1. The zero-order valence-corrected chi connectivity index (χ0v) is 5.57. The van der Waals surface area contributed by atoms with Gasteiger partial charge in [0.05, 0.1) is 6.54 Å². The summed E-state index contributed by atoms with van der Waals surface area (Å²) in [5, 5.41) is 16.6. The van der Waals surface area contributed by atoms with Crippen LogP contribution in [0, 0.1) is 0 Å². The summed E-state index contributed by atoms with van der Waals surface area (Å²) in [6, 6.07) is 2.81. The Kier molecular flexibility index (Phi) is 2.25. The van der Waals surface area contributed by atoms with Crippen LogP contribution in [0.3, 0.4) is 0 Å². The maximum absolute atomic E-state index is 10.2. The van der Waals surface area contributed by atoms with Gasteiger partial charge in [0.2, 0.25) is 5.76 Å². The molecule has 0 amide bonds. The van der Waals surface area contributed by atoms with E-state index in [-0.39, 0.29) is 12.3 Å². The highest BCUT2D eigenvalue weighted by Crippen LogP contribution is 2.06. The molecule has 1 rings (SSSR count). The van der Waals surface area contributed by atoms with Crippen LogP contribution in [0.25, 0.3) is 0 Å². The van der Waals surface area contributed by atoms with Gasteiger partial charge in [0.15, 0.2) is 0 Å². The summed E-state index contributed by atoms with van der Waals surface area (Å²) < 4.78 is 4.76. The first-order valence-corrected chi connectivity index (χ1v) is 2.93. The van der Waals surface area contributed by atoms with Gasteiger partial charge in [-0.1, -0.05) is 0 Å². The van der Waals surface area contributed by atoms with Crippen molar-refractivity contribution in [2.24, 2.45) is 0 Å². The maximum atomic E-state index is 10.2. The lowest BCUT2D eigenvalue weighted by molar-refractivity contribution is 0.0657. The molecule has 0 bridgehead atoms. The normalized spacial score (nSPS) is 9.91. The van der Waals surface area contributed by atoms with E-state index in [1.807, 2.05) is 5.48 Å². The lowest BCUT2D eigenvalue weighted by Crippen LogP contribution is -2.04. The zero-order chi connectivity index (χ0) is 8.27. The third-order valence-corrected chi connectivity index (χ3v) is 1.13. The average molecular weight is 157 g/mol. The Morgan fingerprint density at radius 2 is 2.36 bits per heavy atom. The van der Waals surface area contributed by atoms with Crippen molar-refractivity contribution in [3.05, 3.63) is 23.7 Å². The van der Waals surface area contributed by atoms with Crippen molar-refractivity contribution >= 4 is 5.97 Å². The van der Waals surface area contributed by atoms with Crippen molar-refractivity contribution in [2.45, 2.75) is 6.54 Å². The van der Waals surface area contributed by atoms with Gasteiger partial charge in [-0.3, -0.25) is 0 Å². The van der Waals surface area contributed by atoms with Crippen LogP contribution in [-0.2, 0) is 6.54 Å². The van der Waals surface area contributed by atoms with Gasteiger partial charge in [-0.05, 0) is 12.1 Å². The zero-order valence-electron chi connectivity index (χ0n) is 5.57. The Labute approximate surface area is 62.2 Å². The van der Waals surface area contributed by atoms with Crippen LogP contribution in [0.5, 0.6) is 0 Å². The van der Waals surface area contributed by atoms with Crippen molar-refractivity contribution in [1.82, 2.24) is 5.48 Å². The molecule has 1 aromatic rings. The summed E-state index contributed by atoms with van der Waals surface area (Å²) in [7, 11) is 0. The number of carboxylic acid groups (broad SMARTS) is 1. The van der Waals surface area contributed by atoms with Gasteiger partial charge >= 0.3 is 5.97 Å². The molecule has 0 radical (unpaired) electrons. The molecule has 1 heterocycles. The first-order valence-electron chi connectivity index (χ1n) is 2.93. The molecule has 0 aliphatic heterocycles. The van der Waals surface area contributed by atoms with Gasteiger partial charge in [-0.2, -0.15) is 5.48 Å². The van der Waals surface area contributed by atoms with Crippen molar-refractivity contribution in [3.63, 3.8) is 0 Å². The van der Waals surface area contributed by atoms with Crippen LogP contribution in [0.15, 0.2) is 16.5 Å². The molecule has 60 valence electrons. The number of rotatable bonds is 3. The lowest BCUT2D eigenvalue weighted by Gasteiger charge is -1.90. The Bertz CT molecular complexity index is 255. The number of carboxylic acids is 1. The number of aromatic carboxylic acids is 1. The minimum Gasteiger partial charge on any atom is -0.475 e. The van der Waals surface area contributed by atoms with Gasteiger partial charge in [-0.25, -0.2) is 4.79 Å². The fourth-order valence-electron chi connectivity index (χ4n) is 0.666. The number of hydrogen-bond donors (Lipinski definition) is 3. The van der Waals surface area contributed by atoms with E-state index in [2.05, 4.69) is 0 Å². The SMILES string of the molecule is O=C(O)c1ccc(CNO)o1. The Morgan fingerprint density at radius 3 is 2.82 bits per heavy atom. The third-order valence-electron chi connectivity index (χ3n) is 1.13. The number of furan rings is 1. The monoisotopic (exact) mass is 157 g/mol. The second-order valence-corrected chi connectivity index (χ2v) is 1.91. The first kappa shape index (κ1) is 7.77. The maximum Gasteiger partial charge on any atom is 0.371 e. The molecule has 1 aromatic heterocycles. The van der Waals surface area contributed by atoms with Crippen molar-refractivity contribution < 1.29 is 19.5 Å². The predicted octanol–water partition coefficient (Wildman–Crippen LogP) is 0.457. The van der Waals surface area contributed by atoms with Gasteiger partial charge in [0.1, 0.15) is 5.76 Å². The van der Waals surface area contributed by atoms with Crippen molar-refractivity contribution in [3.8, 4) is 0 Å². The summed E-state index contributed by atoms with van der Waals surface area (Å²) in [5.41, 5.74) is 1.85. The lowest BCUT2D eigenvalue weighted by atomic mass is 10.4. The number of hydrogen-bond acceptors (Lipinski definition) is 4. The molecule has 5 nitrogen and oxygen atoms in total. The van der Waals surface area contributed by atoms with E-state index in [4.69, 9.17) is 14.7 Å². The minimum absolute atomic E-state index is 0.104. The second-order valence-electron chi connectivity index (χ2n) is 1.91. The Balaban J connectivity index is 2.73. The average Bonchev–Trinajstić information content (AvgIpc) is 2.37. The molecule has 0 saturated carbocycles. The summed E-state index contributed by atoms with van der Waals surface area (Å²) in [6.07, 6.45) is 0. The predicted molar refractivity (Wildman–Crippen MR) is 34.3 cm³/mol. The van der Waals surface area contributed by atoms with E-state index < -0.39 is 5.97 Å². The van der Waals surface area contributed by atoms with Crippen LogP contribution < -0.4 is 5.48 Å². The van der Waals surface area contributed by atoms with Crippen molar-refractivity contribution in [2.75, 3.05) is 0 Å². The topological polar surface area (TPSA) is 82.7 Å². The van der Waals surface area contributed by atoms with Gasteiger partial charge in [0.25, 0.3) is 0 Å². The van der Waals surface area contributed by atoms with Gasteiger partial charge < -0.3 is 14.7 Å². The molecular weight excluding hydrogens is 150 g/mol. The third kappa shape index (κ3) is 1.79. The molecular formula is C6H7NO4. The second kappa shape index (κ2) is 3.18. The van der Waals surface area contributed by atoms with E-state index in [1.54, 1.807) is 0 Å². The molecule has 0 unspecified atom stereocenters. The molecule has 11 heavy (non-hydrogen) atoms. The van der Waals surface area contributed by atoms with Crippen LogP contribution in [0.1, 0.15) is 16.3 Å². The van der Waals surface area contributed by atoms with Crippen LogP contribution in [0.4, 0.5) is 0 Å². The largest absolute Gasteiger partial charge is 0.475 e. The van der Waals surface area contributed by atoms with Gasteiger partial charge in [-0.15, -0.1) is 0 Å². The standard InChI is InChI=1S/C6H7NO4/c8-6(9)5-2-1-4(11-5)3-7-10/h1-2,7,10H,3H2,(H,8,9). The van der Waals surface area contributed by atoms with E-state index in [9.17, 15) is 4.79 Å². The first-order chi connectivity index (χ1) is 5.24. The van der Waals surface area contributed by atoms with E-state index in [1.165, 1.54) is 12.1 Å². The molecule has 5 heteroatoms. The molecule has 0 saturated heterocycles. The summed E-state index contributed by atoms with van der Waals surface area (Å²) >= 11 is 0. The molecule has 0 atom stereocenters. The smallest absolute Gasteiger partial charge is 0.371 e. The fraction of sp³-hybridized carbons (Fsp3) is 0.167. The van der Waals surface area contributed by atoms with Gasteiger partial charge in [0, 0.05) is 0 Å². The molecule has 0 spiro atoms. The molecule has 0 aromatic carbocycles. The Hall–Kier alpha value is -1.33. The summed E-state index contributed by atoms with van der Waals surface area (Å²) in [4.78, 5) is 10.2. The van der Waals surface area contributed by atoms with E-state index in [0.29, 0.717) is 5.76 Å². The summed E-state index contributed by atoms with van der Waals surface area (Å²) in [5.74, 6) is -0.866. The highest BCUT2D eigenvalue weighted by molar-refractivity contribution is 5.84. The summed E-state index contributed by atoms with van der Waals surface area (Å²) in [6.45, 7) is 0.104. The molecule has 3 N–H and O–H groups in total. The van der Waals surface area contributed by atoms with E-state index in [0.717, 1.165) is 0 Å². The van der Waals surface area contributed by atoms with Crippen molar-refractivity contribution in [1.29, 1.82) is 0 Å². The van der Waals surface area contributed by atoms with Crippen LogP contribution in [-0.4, -0.2) is 16.3 Å². The van der Waals surface area contributed by atoms with E-state index >= 15 is 0 Å². The number of hydroxylamine groups is 1. The minimum atomic E-state index is -1.12. The molecule has 0 aliphatic rings. The highest BCUT2D eigenvalue weighted by atomic mass is 16.5. The molecule has 0 aliphatic carbocycles. The quantitative estimate of drug-likeness (QED) is 0.555. The Morgan fingerprint density at radius 1 is 1.64 bits per heavy atom. The van der Waals surface area contributed by atoms with Crippen LogP contribution >= 0.6 is 0 Å². The molecule has 0 fully saturated rings. The fourth-order valence-corrected chi connectivity index (χ4v) is 0.666. The highest BCUT2D eigenvalue weighted by Gasteiger charge is 2.07.